The van der Waals surface area contributed by atoms with Gasteiger partial charge >= 0.3 is 0 Å². The molecule has 0 aromatic heterocycles. The minimum absolute atomic E-state index is 0.220. The highest BCUT2D eigenvalue weighted by molar-refractivity contribution is 9.10. The van der Waals surface area contributed by atoms with Gasteiger partial charge < -0.3 is 4.90 Å². The molecule has 5 nitrogen and oxygen atoms in total. The first-order chi connectivity index (χ1) is 13.0. The molecule has 0 unspecified atom stereocenters. The Hall–Kier alpha value is -1.48. The molecular weight excluding hydrogens is 433 g/mol. The Kier molecular flexibility index (Phi) is 6.86. The highest BCUT2D eigenvalue weighted by Gasteiger charge is 2.18. The fourth-order valence-electron chi connectivity index (χ4n) is 3.13. The number of sulfonamides is 1. The van der Waals surface area contributed by atoms with Crippen molar-refractivity contribution in [3.63, 3.8) is 0 Å². The summed E-state index contributed by atoms with van der Waals surface area (Å²) in [6, 6.07) is 13.4. The summed E-state index contributed by atoms with van der Waals surface area (Å²) in [6.07, 6.45) is 0.750. The molecule has 2 aromatic rings. The largest absolute Gasteiger partial charge is 0.369 e. The Morgan fingerprint density at radius 2 is 1.67 bits per heavy atom. The number of hydrogen-bond acceptors (Lipinski definition) is 4. The lowest BCUT2D eigenvalue weighted by Gasteiger charge is -2.36. The van der Waals surface area contributed by atoms with Gasteiger partial charge in [-0.2, -0.15) is 0 Å². The van der Waals surface area contributed by atoms with Crippen LogP contribution in [-0.2, 0) is 10.0 Å². The smallest absolute Gasteiger partial charge is 0.241 e. The first-order valence-electron chi connectivity index (χ1n) is 8.93. The average molecular weight is 456 g/mol. The predicted octanol–water partition coefficient (Wildman–Crippen LogP) is 3.08. The average Bonchev–Trinajstić information content (AvgIpc) is 2.67. The summed E-state index contributed by atoms with van der Waals surface area (Å²) in [5.41, 5.74) is 1.04. The Morgan fingerprint density at radius 3 is 2.33 bits per heavy atom. The van der Waals surface area contributed by atoms with Gasteiger partial charge in [-0.3, -0.25) is 4.90 Å². The predicted molar refractivity (Wildman–Crippen MR) is 109 cm³/mol. The van der Waals surface area contributed by atoms with E-state index in [9.17, 15) is 12.8 Å². The van der Waals surface area contributed by atoms with E-state index < -0.39 is 10.0 Å². The Morgan fingerprint density at radius 1 is 1.00 bits per heavy atom. The molecule has 2 aromatic carbocycles. The van der Waals surface area contributed by atoms with Crippen molar-refractivity contribution in [2.45, 2.75) is 11.3 Å². The molecular formula is C19H23BrFN3O2S. The van der Waals surface area contributed by atoms with Crippen molar-refractivity contribution in [3.05, 3.63) is 58.8 Å². The van der Waals surface area contributed by atoms with E-state index in [2.05, 4.69) is 30.5 Å². The summed E-state index contributed by atoms with van der Waals surface area (Å²) in [4.78, 5) is 4.83. The molecule has 0 radical (unpaired) electrons. The second kappa shape index (κ2) is 9.14. The van der Waals surface area contributed by atoms with Crippen LogP contribution in [0.15, 0.2) is 57.9 Å². The van der Waals surface area contributed by atoms with Crippen molar-refractivity contribution in [2.24, 2.45) is 0 Å². The topological polar surface area (TPSA) is 52.7 Å². The van der Waals surface area contributed by atoms with E-state index in [0.29, 0.717) is 11.0 Å². The fraction of sp³-hybridized carbons (Fsp3) is 0.368. The highest BCUT2D eigenvalue weighted by Crippen LogP contribution is 2.21. The van der Waals surface area contributed by atoms with Crippen LogP contribution >= 0.6 is 15.9 Å². The van der Waals surface area contributed by atoms with Crippen LogP contribution in [0.5, 0.6) is 0 Å². The lowest BCUT2D eigenvalue weighted by molar-refractivity contribution is 0.255. The SMILES string of the molecule is O=S(=O)(NCCCN1CCN(c2ccc(F)cc2)CC1)c1ccccc1Br. The summed E-state index contributed by atoms with van der Waals surface area (Å²) in [7, 11) is -3.50. The number of nitrogens with zero attached hydrogens (tertiary/aromatic N) is 2. The zero-order chi connectivity index (χ0) is 19.3. The molecule has 0 atom stereocenters. The minimum Gasteiger partial charge on any atom is -0.369 e. The third-order valence-corrected chi connectivity index (χ3v) is 7.11. The fourth-order valence-corrected chi connectivity index (χ4v) is 5.21. The molecule has 1 heterocycles. The molecule has 1 N–H and O–H groups in total. The number of halogens is 2. The van der Waals surface area contributed by atoms with Crippen molar-refractivity contribution in [2.75, 3.05) is 44.2 Å². The van der Waals surface area contributed by atoms with Crippen LogP contribution in [0.2, 0.25) is 0 Å². The zero-order valence-corrected chi connectivity index (χ0v) is 17.3. The standard InChI is InChI=1S/C19H23BrFN3O2S/c20-18-4-1-2-5-19(18)27(25,26)22-10-3-11-23-12-14-24(15-13-23)17-8-6-16(21)7-9-17/h1-2,4-9,22H,3,10-15H2. The molecule has 1 fully saturated rings. The number of anilines is 1. The van der Waals surface area contributed by atoms with Gasteiger partial charge in [-0.25, -0.2) is 17.5 Å². The van der Waals surface area contributed by atoms with Gasteiger partial charge in [0.05, 0.1) is 4.90 Å². The Labute approximate surface area is 168 Å². The van der Waals surface area contributed by atoms with Gasteiger partial charge in [0.25, 0.3) is 0 Å². The van der Waals surface area contributed by atoms with Gasteiger partial charge in [0.2, 0.25) is 10.0 Å². The molecule has 0 amide bonds. The van der Waals surface area contributed by atoms with E-state index in [1.165, 1.54) is 12.1 Å². The molecule has 1 aliphatic rings. The minimum atomic E-state index is -3.50. The summed E-state index contributed by atoms with van der Waals surface area (Å²) < 4.78 is 40.9. The first kappa shape index (κ1) is 20.3. The van der Waals surface area contributed by atoms with Crippen LogP contribution in [0, 0.1) is 5.82 Å². The maximum absolute atomic E-state index is 13.0. The molecule has 1 saturated heterocycles. The van der Waals surface area contributed by atoms with E-state index in [0.717, 1.165) is 44.8 Å². The molecule has 0 saturated carbocycles. The first-order valence-corrected chi connectivity index (χ1v) is 11.2. The quantitative estimate of drug-likeness (QED) is 0.651. The Balaban J connectivity index is 1.40. The van der Waals surface area contributed by atoms with E-state index in [1.54, 1.807) is 24.3 Å². The van der Waals surface area contributed by atoms with E-state index in [-0.39, 0.29) is 10.7 Å². The molecule has 8 heteroatoms. The van der Waals surface area contributed by atoms with Crippen LogP contribution in [0.4, 0.5) is 10.1 Å². The number of benzene rings is 2. The van der Waals surface area contributed by atoms with Crippen LogP contribution in [0.25, 0.3) is 0 Å². The van der Waals surface area contributed by atoms with Crippen molar-refractivity contribution in [1.29, 1.82) is 0 Å². The maximum atomic E-state index is 13.0. The third-order valence-electron chi connectivity index (χ3n) is 4.63. The van der Waals surface area contributed by atoms with Crippen molar-refractivity contribution in [3.8, 4) is 0 Å². The van der Waals surface area contributed by atoms with Gasteiger partial charge in [-0.1, -0.05) is 12.1 Å². The second-order valence-corrected chi connectivity index (χ2v) is 9.08. The molecule has 3 rings (SSSR count). The van der Waals surface area contributed by atoms with Crippen LogP contribution < -0.4 is 9.62 Å². The van der Waals surface area contributed by atoms with E-state index in [1.807, 2.05) is 12.1 Å². The molecule has 1 aliphatic heterocycles. The van der Waals surface area contributed by atoms with Crippen molar-refractivity contribution in [1.82, 2.24) is 9.62 Å². The van der Waals surface area contributed by atoms with Crippen LogP contribution in [0.1, 0.15) is 6.42 Å². The molecule has 146 valence electrons. The zero-order valence-electron chi connectivity index (χ0n) is 14.9. The number of rotatable bonds is 7. The lowest BCUT2D eigenvalue weighted by Crippen LogP contribution is -2.47. The second-order valence-electron chi connectivity index (χ2n) is 6.49. The molecule has 0 bridgehead atoms. The van der Waals surface area contributed by atoms with Crippen LogP contribution in [0.3, 0.4) is 0 Å². The summed E-state index contributed by atoms with van der Waals surface area (Å²) in [5, 5.41) is 0. The summed E-state index contributed by atoms with van der Waals surface area (Å²) >= 11 is 3.28. The van der Waals surface area contributed by atoms with Gasteiger partial charge in [0, 0.05) is 42.9 Å². The number of nitrogens with one attached hydrogen (secondary N) is 1. The third kappa shape index (κ3) is 5.51. The van der Waals surface area contributed by atoms with Gasteiger partial charge in [0.1, 0.15) is 5.82 Å². The van der Waals surface area contributed by atoms with Crippen molar-refractivity contribution < 1.29 is 12.8 Å². The summed E-state index contributed by atoms with van der Waals surface area (Å²) in [6.45, 7) is 4.84. The number of hydrogen-bond donors (Lipinski definition) is 1. The van der Waals surface area contributed by atoms with Gasteiger partial charge in [-0.15, -0.1) is 0 Å². The van der Waals surface area contributed by atoms with E-state index in [4.69, 9.17) is 0 Å². The molecule has 27 heavy (non-hydrogen) atoms. The number of piperazine rings is 1. The van der Waals surface area contributed by atoms with Gasteiger partial charge in [-0.05, 0) is 65.3 Å². The highest BCUT2D eigenvalue weighted by atomic mass is 79.9. The Bertz CT molecular complexity index is 854. The van der Waals surface area contributed by atoms with Crippen molar-refractivity contribution >= 4 is 31.6 Å². The molecule has 0 spiro atoms. The van der Waals surface area contributed by atoms with E-state index >= 15 is 0 Å². The van der Waals surface area contributed by atoms with Crippen LogP contribution in [-0.4, -0.2) is 52.6 Å². The lowest BCUT2D eigenvalue weighted by atomic mass is 10.2. The summed E-state index contributed by atoms with van der Waals surface area (Å²) in [5.74, 6) is -0.220. The van der Waals surface area contributed by atoms with Gasteiger partial charge in [0.15, 0.2) is 0 Å². The maximum Gasteiger partial charge on any atom is 0.241 e. The monoisotopic (exact) mass is 455 g/mol. The normalized spacial score (nSPS) is 15.9. The molecule has 0 aliphatic carbocycles.